The summed E-state index contributed by atoms with van der Waals surface area (Å²) in [6.07, 6.45) is 0. The number of rotatable bonds is 8. The molecule has 0 aliphatic heterocycles. The highest BCUT2D eigenvalue weighted by molar-refractivity contribution is 7.98. The van der Waals surface area contributed by atoms with E-state index in [1.807, 2.05) is 13.8 Å². The first kappa shape index (κ1) is 17.7. The molecule has 1 aromatic carbocycles. The molecular weight excluding hydrogens is 292 g/mol. The summed E-state index contributed by atoms with van der Waals surface area (Å²) in [4.78, 5) is 0. The number of benzene rings is 1. The van der Waals surface area contributed by atoms with Crippen molar-refractivity contribution in [1.82, 2.24) is 0 Å². The Kier molecular flexibility index (Phi) is 7.80. The molecule has 0 spiro atoms. The van der Waals surface area contributed by atoms with Gasteiger partial charge in [-0.15, -0.1) is 0 Å². The van der Waals surface area contributed by atoms with Crippen LogP contribution in [0.15, 0.2) is 0 Å². The van der Waals surface area contributed by atoms with Gasteiger partial charge < -0.3 is 15.3 Å². The van der Waals surface area contributed by atoms with Gasteiger partial charge >= 0.3 is 0 Å². The lowest BCUT2D eigenvalue weighted by atomic mass is 9.94. The molecule has 0 unspecified atom stereocenters. The van der Waals surface area contributed by atoms with E-state index in [0.717, 1.165) is 22.6 Å². The van der Waals surface area contributed by atoms with Gasteiger partial charge in [0.1, 0.15) is 5.75 Å². The Hall–Kier alpha value is -0.360. The minimum Gasteiger partial charge on any atom is -0.507 e. The molecule has 114 valence electrons. The van der Waals surface area contributed by atoms with Crippen LogP contribution < -0.4 is 0 Å². The van der Waals surface area contributed by atoms with Crippen molar-refractivity contribution in [2.45, 2.75) is 32.3 Å². The molecule has 20 heavy (non-hydrogen) atoms. The summed E-state index contributed by atoms with van der Waals surface area (Å²) in [6, 6.07) is 0. The molecular formula is C15H24O3S2. The maximum atomic E-state index is 10.3. The van der Waals surface area contributed by atoms with Gasteiger partial charge in [0.2, 0.25) is 0 Å². The number of phenols is 1. The Morgan fingerprint density at radius 3 is 1.50 bits per heavy atom. The molecule has 0 aliphatic rings. The lowest BCUT2D eigenvalue weighted by Crippen LogP contribution is -2.03. The fourth-order valence-electron chi connectivity index (χ4n) is 2.22. The zero-order valence-corrected chi connectivity index (χ0v) is 14.0. The molecule has 5 heteroatoms. The van der Waals surface area contributed by atoms with Gasteiger partial charge in [-0.3, -0.25) is 0 Å². The van der Waals surface area contributed by atoms with Crippen LogP contribution in [0.25, 0.3) is 0 Å². The van der Waals surface area contributed by atoms with Gasteiger partial charge in [0.15, 0.2) is 0 Å². The molecule has 0 bridgehead atoms. The lowest BCUT2D eigenvalue weighted by molar-refractivity contribution is 0.322. The molecule has 1 rings (SSSR count). The normalized spacial score (nSPS) is 11.1. The first-order valence-corrected chi connectivity index (χ1v) is 9.03. The fraction of sp³-hybridized carbons (Fsp3) is 0.600. The maximum Gasteiger partial charge on any atom is 0.122 e. The van der Waals surface area contributed by atoms with Gasteiger partial charge in [-0.1, -0.05) is 0 Å². The van der Waals surface area contributed by atoms with Crippen molar-refractivity contribution in [1.29, 1.82) is 0 Å². The van der Waals surface area contributed by atoms with Crippen molar-refractivity contribution in [2.24, 2.45) is 0 Å². The van der Waals surface area contributed by atoms with Crippen molar-refractivity contribution < 1.29 is 15.3 Å². The summed E-state index contributed by atoms with van der Waals surface area (Å²) < 4.78 is 0. The second kappa shape index (κ2) is 8.82. The van der Waals surface area contributed by atoms with Crippen LogP contribution >= 0.6 is 23.5 Å². The number of aliphatic hydroxyl groups excluding tert-OH is 2. The van der Waals surface area contributed by atoms with E-state index in [1.165, 1.54) is 16.7 Å². The van der Waals surface area contributed by atoms with Crippen LogP contribution in [0.1, 0.15) is 27.8 Å². The van der Waals surface area contributed by atoms with Crippen molar-refractivity contribution >= 4 is 23.5 Å². The quantitative estimate of drug-likeness (QED) is 0.644. The van der Waals surface area contributed by atoms with Crippen LogP contribution in [0.5, 0.6) is 5.75 Å². The van der Waals surface area contributed by atoms with Gasteiger partial charge in [0, 0.05) is 23.0 Å². The van der Waals surface area contributed by atoms with E-state index in [1.54, 1.807) is 23.5 Å². The molecule has 0 atom stereocenters. The number of aromatic hydroxyl groups is 1. The number of aliphatic hydroxyl groups is 2. The first-order chi connectivity index (χ1) is 9.54. The third-order valence-electron chi connectivity index (χ3n) is 3.49. The number of thioether (sulfide) groups is 2. The molecule has 0 saturated carbocycles. The average molecular weight is 316 g/mol. The molecule has 3 nitrogen and oxygen atoms in total. The Labute approximate surface area is 129 Å². The van der Waals surface area contributed by atoms with Gasteiger partial charge in [-0.05, 0) is 48.6 Å². The monoisotopic (exact) mass is 316 g/mol. The van der Waals surface area contributed by atoms with E-state index in [2.05, 4.69) is 6.92 Å². The minimum absolute atomic E-state index is 0.180. The van der Waals surface area contributed by atoms with Crippen molar-refractivity contribution in [3.63, 3.8) is 0 Å². The molecule has 0 fully saturated rings. The highest BCUT2D eigenvalue weighted by Gasteiger charge is 2.16. The van der Waals surface area contributed by atoms with Gasteiger partial charge in [-0.2, -0.15) is 23.5 Å². The summed E-state index contributed by atoms with van der Waals surface area (Å²) >= 11 is 3.36. The van der Waals surface area contributed by atoms with Gasteiger partial charge in [0.25, 0.3) is 0 Å². The van der Waals surface area contributed by atoms with Crippen molar-refractivity contribution in [3.8, 4) is 5.75 Å². The summed E-state index contributed by atoms with van der Waals surface area (Å²) in [5.74, 6) is 3.42. The Balaban J connectivity index is 3.04. The zero-order valence-electron chi connectivity index (χ0n) is 12.4. The summed E-state index contributed by atoms with van der Waals surface area (Å²) in [7, 11) is 0. The Bertz CT molecular complexity index is 410. The van der Waals surface area contributed by atoms with Crippen LogP contribution in [0.4, 0.5) is 0 Å². The number of phenolic OH excluding ortho intramolecular Hbond substituents is 1. The average Bonchev–Trinajstić information content (AvgIpc) is 2.44. The van der Waals surface area contributed by atoms with Crippen LogP contribution in [0.2, 0.25) is 0 Å². The second-order valence-electron chi connectivity index (χ2n) is 4.73. The molecule has 0 amide bonds. The molecule has 0 aromatic heterocycles. The third kappa shape index (κ3) is 4.32. The minimum atomic E-state index is 0.180. The highest BCUT2D eigenvalue weighted by Crippen LogP contribution is 2.35. The van der Waals surface area contributed by atoms with Crippen LogP contribution in [0.3, 0.4) is 0 Å². The topological polar surface area (TPSA) is 60.7 Å². The van der Waals surface area contributed by atoms with Gasteiger partial charge in [0.05, 0.1) is 13.2 Å². The zero-order chi connectivity index (χ0) is 15.1. The summed E-state index contributed by atoms with van der Waals surface area (Å²) in [6.45, 7) is 6.37. The van der Waals surface area contributed by atoms with Crippen molar-refractivity contribution in [2.75, 3.05) is 24.7 Å². The fourth-order valence-corrected chi connectivity index (χ4v) is 4.04. The molecule has 3 N–H and O–H groups in total. The lowest BCUT2D eigenvalue weighted by Gasteiger charge is -2.19. The van der Waals surface area contributed by atoms with Crippen LogP contribution in [0, 0.1) is 20.8 Å². The first-order valence-electron chi connectivity index (χ1n) is 6.72. The van der Waals surface area contributed by atoms with E-state index in [9.17, 15) is 5.11 Å². The third-order valence-corrected chi connectivity index (χ3v) is 5.41. The summed E-state index contributed by atoms with van der Waals surface area (Å²) in [5.41, 5.74) is 5.47. The largest absolute Gasteiger partial charge is 0.507 e. The predicted octanol–water partition coefficient (Wildman–Crippen LogP) is 2.77. The summed E-state index contributed by atoms with van der Waals surface area (Å²) in [5, 5.41) is 28.1. The predicted molar refractivity (Wildman–Crippen MR) is 88.8 cm³/mol. The van der Waals surface area contributed by atoms with E-state index in [0.29, 0.717) is 17.3 Å². The SMILES string of the molecule is Cc1c(O)c(C)c(CSCCO)c(C)c1CSCCO. The van der Waals surface area contributed by atoms with E-state index in [-0.39, 0.29) is 13.2 Å². The van der Waals surface area contributed by atoms with Crippen molar-refractivity contribution in [3.05, 3.63) is 27.8 Å². The van der Waals surface area contributed by atoms with E-state index in [4.69, 9.17) is 10.2 Å². The highest BCUT2D eigenvalue weighted by atomic mass is 32.2. The standard InChI is InChI=1S/C15H24O3S2/c1-10-13(8-19-6-4-16)11(2)15(18)12(3)14(10)9-20-7-5-17/h16-18H,4-9H2,1-3H3. The molecule has 0 heterocycles. The number of hydrogen-bond acceptors (Lipinski definition) is 5. The van der Waals surface area contributed by atoms with E-state index < -0.39 is 0 Å². The van der Waals surface area contributed by atoms with Gasteiger partial charge in [-0.25, -0.2) is 0 Å². The maximum absolute atomic E-state index is 10.3. The van der Waals surface area contributed by atoms with Crippen LogP contribution in [-0.2, 0) is 11.5 Å². The smallest absolute Gasteiger partial charge is 0.122 e. The molecule has 0 radical (unpaired) electrons. The Morgan fingerprint density at radius 1 is 0.750 bits per heavy atom. The van der Waals surface area contributed by atoms with Crippen LogP contribution in [-0.4, -0.2) is 40.0 Å². The number of hydrogen-bond donors (Lipinski definition) is 3. The molecule has 1 aromatic rings. The van der Waals surface area contributed by atoms with E-state index >= 15 is 0 Å². The molecule has 0 aliphatic carbocycles. The second-order valence-corrected chi connectivity index (χ2v) is 6.94. The molecule has 0 saturated heterocycles. The Morgan fingerprint density at radius 2 is 1.15 bits per heavy atom.